The Morgan fingerprint density at radius 1 is 1.05 bits per heavy atom. The molecule has 1 N–H and O–H groups in total. The van der Waals surface area contributed by atoms with Gasteiger partial charge in [0.25, 0.3) is 0 Å². The SMILES string of the molecule is C=C(/C=C\C1=C(C)OCO1)C1CCC(CN(C(=O)C2CCC(O)CC2)c2cccc(-c3cnn(C4CC4)c3)c2)CC1. The van der Waals surface area contributed by atoms with E-state index in [4.69, 9.17) is 9.47 Å². The molecule has 0 saturated heterocycles. The number of allylic oxidation sites excluding steroid dienone is 4. The lowest BCUT2D eigenvalue weighted by Gasteiger charge is -2.36. The van der Waals surface area contributed by atoms with Crippen molar-refractivity contribution in [1.29, 1.82) is 0 Å². The smallest absolute Gasteiger partial charge is 0.230 e. The summed E-state index contributed by atoms with van der Waals surface area (Å²) < 4.78 is 13.0. The molecule has 1 aromatic heterocycles. The molecule has 2 aromatic rings. The summed E-state index contributed by atoms with van der Waals surface area (Å²) in [7, 11) is 0. The lowest BCUT2D eigenvalue weighted by atomic mass is 9.78. The van der Waals surface area contributed by atoms with Crippen LogP contribution in [0.5, 0.6) is 0 Å². The predicted molar refractivity (Wildman–Crippen MR) is 160 cm³/mol. The van der Waals surface area contributed by atoms with Crippen LogP contribution in [-0.4, -0.2) is 40.2 Å². The third-order valence-electron chi connectivity index (χ3n) is 9.42. The summed E-state index contributed by atoms with van der Waals surface area (Å²) in [5, 5.41) is 14.6. The molecule has 0 unspecified atom stereocenters. The number of aliphatic hydroxyl groups is 1. The van der Waals surface area contributed by atoms with E-state index in [0.717, 1.165) is 79.0 Å². The van der Waals surface area contributed by atoms with Crippen molar-refractivity contribution in [2.45, 2.75) is 83.3 Å². The molecule has 0 spiro atoms. The van der Waals surface area contributed by atoms with E-state index in [1.165, 1.54) is 12.8 Å². The van der Waals surface area contributed by atoms with Gasteiger partial charge in [0.2, 0.25) is 12.7 Å². The third-order valence-corrected chi connectivity index (χ3v) is 9.42. The zero-order valence-electron chi connectivity index (χ0n) is 24.2. The molecule has 218 valence electrons. The highest BCUT2D eigenvalue weighted by molar-refractivity contribution is 5.95. The van der Waals surface area contributed by atoms with Gasteiger partial charge in [-0.2, -0.15) is 5.10 Å². The quantitative estimate of drug-likeness (QED) is 0.339. The van der Waals surface area contributed by atoms with Crippen molar-refractivity contribution in [2.24, 2.45) is 17.8 Å². The van der Waals surface area contributed by atoms with Crippen LogP contribution in [0.2, 0.25) is 0 Å². The van der Waals surface area contributed by atoms with Gasteiger partial charge in [0.05, 0.1) is 18.3 Å². The molecule has 7 heteroatoms. The van der Waals surface area contributed by atoms with Crippen LogP contribution in [0.1, 0.15) is 77.2 Å². The van der Waals surface area contributed by atoms with Gasteiger partial charge in [-0.25, -0.2) is 0 Å². The molecule has 3 aliphatic carbocycles. The van der Waals surface area contributed by atoms with E-state index in [2.05, 4.69) is 57.8 Å². The molecular formula is C34H43N3O4. The van der Waals surface area contributed by atoms with Gasteiger partial charge in [-0.05, 0) is 107 Å². The number of rotatable bonds is 9. The summed E-state index contributed by atoms with van der Waals surface area (Å²) in [6.45, 7) is 7.28. The number of carbonyl (C=O) groups is 1. The number of carbonyl (C=O) groups excluding carboxylic acids is 1. The summed E-state index contributed by atoms with van der Waals surface area (Å²) >= 11 is 0. The Morgan fingerprint density at radius 3 is 2.51 bits per heavy atom. The third kappa shape index (κ3) is 6.61. The molecule has 41 heavy (non-hydrogen) atoms. The van der Waals surface area contributed by atoms with Crippen molar-refractivity contribution in [3.8, 4) is 11.1 Å². The average molecular weight is 558 g/mol. The first kappa shape index (κ1) is 27.8. The van der Waals surface area contributed by atoms with Crippen molar-refractivity contribution in [3.05, 3.63) is 72.5 Å². The maximum Gasteiger partial charge on any atom is 0.230 e. The monoisotopic (exact) mass is 557 g/mol. The zero-order valence-corrected chi connectivity index (χ0v) is 24.2. The number of aliphatic hydroxyl groups excluding tert-OH is 1. The van der Waals surface area contributed by atoms with Gasteiger partial charge in [0, 0.05) is 29.9 Å². The second-order valence-corrected chi connectivity index (χ2v) is 12.4. The number of amides is 1. The fraction of sp³-hybridized carbons (Fsp3) is 0.529. The van der Waals surface area contributed by atoms with E-state index < -0.39 is 0 Å². The predicted octanol–water partition coefficient (Wildman–Crippen LogP) is 6.92. The maximum absolute atomic E-state index is 14.0. The fourth-order valence-corrected chi connectivity index (χ4v) is 6.56. The number of anilines is 1. The molecule has 1 aromatic carbocycles. The Labute approximate surface area is 243 Å². The first-order valence-corrected chi connectivity index (χ1v) is 15.4. The largest absolute Gasteiger partial charge is 0.458 e. The van der Waals surface area contributed by atoms with Crippen LogP contribution in [0.4, 0.5) is 5.69 Å². The molecule has 1 aliphatic heterocycles. The lowest BCUT2D eigenvalue weighted by molar-refractivity contribution is -0.124. The lowest BCUT2D eigenvalue weighted by Crippen LogP contribution is -2.42. The van der Waals surface area contributed by atoms with Crippen LogP contribution >= 0.6 is 0 Å². The van der Waals surface area contributed by atoms with Crippen molar-refractivity contribution < 1.29 is 19.4 Å². The first-order valence-electron chi connectivity index (χ1n) is 15.4. The summed E-state index contributed by atoms with van der Waals surface area (Å²) in [6.07, 6.45) is 17.5. The van der Waals surface area contributed by atoms with E-state index in [-0.39, 0.29) is 24.7 Å². The standard InChI is InChI=1S/C34H43N3O4/c1-23(6-17-33-24(2)40-22-41-33)26-9-7-25(8-10-26)20-36(34(39)27-11-15-32(38)16-12-27)31-5-3-4-28(18-31)29-19-35-37(21-29)30-13-14-30/h3-6,17-19,21,25-27,30,32,38H,1,7-16,20,22H2,2H3/b17-6-. The normalized spacial score (nSPS) is 26.6. The molecule has 0 bridgehead atoms. The van der Waals surface area contributed by atoms with E-state index >= 15 is 0 Å². The second-order valence-electron chi connectivity index (χ2n) is 12.4. The molecule has 2 heterocycles. The second kappa shape index (κ2) is 12.3. The van der Waals surface area contributed by atoms with Crippen molar-refractivity contribution in [1.82, 2.24) is 9.78 Å². The van der Waals surface area contributed by atoms with Crippen LogP contribution in [0.25, 0.3) is 11.1 Å². The number of aromatic nitrogens is 2. The Balaban J connectivity index is 1.15. The van der Waals surface area contributed by atoms with E-state index in [1.807, 2.05) is 19.2 Å². The topological polar surface area (TPSA) is 76.8 Å². The molecule has 0 atom stereocenters. The number of ether oxygens (including phenoxy) is 2. The summed E-state index contributed by atoms with van der Waals surface area (Å²) in [6, 6.07) is 8.96. The minimum absolute atomic E-state index is 0.0273. The number of nitrogens with zero attached hydrogens (tertiary/aromatic N) is 3. The highest BCUT2D eigenvalue weighted by Crippen LogP contribution is 2.38. The summed E-state index contributed by atoms with van der Waals surface area (Å²) in [5.41, 5.74) is 4.29. The van der Waals surface area contributed by atoms with Crippen LogP contribution < -0.4 is 4.90 Å². The molecule has 4 aliphatic rings. The Bertz CT molecular complexity index is 1310. The zero-order chi connectivity index (χ0) is 28.3. The van der Waals surface area contributed by atoms with E-state index in [9.17, 15) is 9.90 Å². The number of hydrogen-bond donors (Lipinski definition) is 1. The van der Waals surface area contributed by atoms with Crippen molar-refractivity contribution in [2.75, 3.05) is 18.2 Å². The van der Waals surface area contributed by atoms with Crippen LogP contribution in [0, 0.1) is 17.8 Å². The molecule has 1 amide bonds. The minimum Gasteiger partial charge on any atom is -0.458 e. The molecular weight excluding hydrogens is 514 g/mol. The van der Waals surface area contributed by atoms with Crippen LogP contribution in [0.15, 0.2) is 72.5 Å². The number of hydrogen-bond acceptors (Lipinski definition) is 5. The van der Waals surface area contributed by atoms with Gasteiger partial charge >= 0.3 is 0 Å². The molecule has 3 saturated carbocycles. The highest BCUT2D eigenvalue weighted by Gasteiger charge is 2.32. The minimum atomic E-state index is -0.274. The van der Waals surface area contributed by atoms with Gasteiger partial charge in [0.15, 0.2) is 5.76 Å². The first-order chi connectivity index (χ1) is 19.9. The molecule has 0 radical (unpaired) electrons. The summed E-state index contributed by atoms with van der Waals surface area (Å²) in [5.74, 6) is 2.67. The average Bonchev–Trinajstić information content (AvgIpc) is 3.58. The Hall–Kier alpha value is -3.32. The van der Waals surface area contributed by atoms with E-state index in [0.29, 0.717) is 30.7 Å². The van der Waals surface area contributed by atoms with Gasteiger partial charge in [0.1, 0.15) is 5.76 Å². The van der Waals surface area contributed by atoms with Gasteiger partial charge in [-0.15, -0.1) is 0 Å². The van der Waals surface area contributed by atoms with Gasteiger partial charge in [-0.3, -0.25) is 9.48 Å². The van der Waals surface area contributed by atoms with Crippen molar-refractivity contribution >= 4 is 11.6 Å². The molecule has 6 rings (SSSR count). The Kier molecular flexibility index (Phi) is 8.33. The summed E-state index contributed by atoms with van der Waals surface area (Å²) in [4.78, 5) is 16.1. The fourth-order valence-electron chi connectivity index (χ4n) is 6.56. The Morgan fingerprint density at radius 2 is 1.80 bits per heavy atom. The highest BCUT2D eigenvalue weighted by atomic mass is 16.7. The maximum atomic E-state index is 14.0. The van der Waals surface area contributed by atoms with Crippen LogP contribution in [0.3, 0.4) is 0 Å². The van der Waals surface area contributed by atoms with Gasteiger partial charge in [-0.1, -0.05) is 30.4 Å². The number of benzene rings is 1. The van der Waals surface area contributed by atoms with E-state index in [1.54, 1.807) is 0 Å². The molecule has 7 nitrogen and oxygen atoms in total. The van der Waals surface area contributed by atoms with Gasteiger partial charge < -0.3 is 19.5 Å². The van der Waals surface area contributed by atoms with Crippen molar-refractivity contribution in [3.63, 3.8) is 0 Å². The van der Waals surface area contributed by atoms with Crippen LogP contribution in [-0.2, 0) is 14.3 Å². The molecule has 3 fully saturated rings.